The van der Waals surface area contributed by atoms with E-state index in [0.717, 1.165) is 22.3 Å². The monoisotopic (exact) mass is 491 g/mol. The smallest absolute Gasteiger partial charge is 0.294 e. The number of amides is 1. The van der Waals surface area contributed by atoms with Gasteiger partial charge in [0.25, 0.3) is 11.7 Å². The standard InChI is InChI=1S/C29H25N5O3/c35-26(25(20-8-3-1-4-9-20)21-10-5-2-6-11-21)22-12-13-24-23(18-22)19-33(16-17-37-24)28(36)27-31-29-30-14-7-15-34(29)32-27/h1-15,18,25-26,35H,16-17,19H2. The molecule has 0 saturated carbocycles. The van der Waals surface area contributed by atoms with Crippen molar-refractivity contribution >= 4 is 11.7 Å². The first-order chi connectivity index (χ1) is 18.2. The van der Waals surface area contributed by atoms with E-state index in [4.69, 9.17) is 4.74 Å². The zero-order valence-corrected chi connectivity index (χ0v) is 20.0. The molecule has 0 bridgehead atoms. The lowest BCUT2D eigenvalue weighted by atomic mass is 9.83. The Morgan fingerprint density at radius 3 is 2.35 bits per heavy atom. The summed E-state index contributed by atoms with van der Waals surface area (Å²) >= 11 is 0. The van der Waals surface area contributed by atoms with Crippen molar-refractivity contribution in [3.8, 4) is 5.75 Å². The van der Waals surface area contributed by atoms with Gasteiger partial charge in [-0.15, -0.1) is 5.10 Å². The number of rotatable bonds is 5. The number of aromatic nitrogens is 4. The fraction of sp³-hybridized carbons (Fsp3) is 0.172. The molecule has 6 rings (SSSR count). The summed E-state index contributed by atoms with van der Waals surface area (Å²) in [5, 5.41) is 15.9. The van der Waals surface area contributed by atoms with Gasteiger partial charge in [0.1, 0.15) is 12.4 Å². The molecular formula is C29H25N5O3. The average molecular weight is 492 g/mol. The van der Waals surface area contributed by atoms with Crippen LogP contribution in [0.2, 0.25) is 0 Å². The molecule has 1 aliphatic rings. The molecule has 2 aromatic heterocycles. The molecule has 8 heteroatoms. The average Bonchev–Trinajstić information content (AvgIpc) is 3.27. The number of ether oxygens (including phenoxy) is 1. The van der Waals surface area contributed by atoms with Gasteiger partial charge >= 0.3 is 0 Å². The van der Waals surface area contributed by atoms with Crippen LogP contribution in [0.15, 0.2) is 97.3 Å². The summed E-state index contributed by atoms with van der Waals surface area (Å²) in [5.41, 5.74) is 3.63. The Morgan fingerprint density at radius 1 is 0.919 bits per heavy atom. The number of hydrogen-bond acceptors (Lipinski definition) is 6. The van der Waals surface area contributed by atoms with Crippen LogP contribution in [0.4, 0.5) is 0 Å². The molecule has 1 aliphatic heterocycles. The second-order valence-corrected chi connectivity index (χ2v) is 8.99. The fourth-order valence-electron chi connectivity index (χ4n) is 4.81. The van der Waals surface area contributed by atoms with Gasteiger partial charge in [-0.1, -0.05) is 66.7 Å². The second-order valence-electron chi connectivity index (χ2n) is 8.99. The number of hydrogen-bond donors (Lipinski definition) is 1. The zero-order chi connectivity index (χ0) is 25.2. The van der Waals surface area contributed by atoms with E-state index >= 15 is 0 Å². The van der Waals surface area contributed by atoms with E-state index in [0.29, 0.717) is 31.2 Å². The number of benzene rings is 3. The lowest BCUT2D eigenvalue weighted by molar-refractivity contribution is 0.0721. The molecule has 37 heavy (non-hydrogen) atoms. The van der Waals surface area contributed by atoms with Gasteiger partial charge in [-0.3, -0.25) is 4.79 Å². The molecule has 0 saturated heterocycles. The minimum atomic E-state index is -0.798. The minimum absolute atomic E-state index is 0.0894. The van der Waals surface area contributed by atoms with Crippen LogP contribution < -0.4 is 4.74 Å². The minimum Gasteiger partial charge on any atom is -0.491 e. The fourth-order valence-corrected chi connectivity index (χ4v) is 4.81. The first-order valence-electron chi connectivity index (χ1n) is 12.2. The van der Waals surface area contributed by atoms with Crippen molar-refractivity contribution in [3.05, 3.63) is 125 Å². The Bertz CT molecular complexity index is 1470. The van der Waals surface area contributed by atoms with E-state index in [1.54, 1.807) is 23.4 Å². The highest BCUT2D eigenvalue weighted by Gasteiger charge is 2.28. The number of carbonyl (C=O) groups excluding carboxylic acids is 1. The van der Waals surface area contributed by atoms with Gasteiger partial charge < -0.3 is 14.7 Å². The normalized spacial score (nSPS) is 14.2. The maximum atomic E-state index is 13.3. The van der Waals surface area contributed by atoms with Gasteiger partial charge in [0.15, 0.2) is 0 Å². The van der Waals surface area contributed by atoms with Crippen LogP contribution in [0.1, 0.15) is 44.9 Å². The zero-order valence-electron chi connectivity index (χ0n) is 20.0. The Labute approximate surface area is 213 Å². The van der Waals surface area contributed by atoms with Crippen molar-refractivity contribution in [1.29, 1.82) is 0 Å². The number of aliphatic hydroxyl groups is 1. The summed E-state index contributed by atoms with van der Waals surface area (Å²) in [4.78, 5) is 23.4. The third kappa shape index (κ3) is 4.54. The van der Waals surface area contributed by atoms with Crippen LogP contribution in [0.3, 0.4) is 0 Å². The van der Waals surface area contributed by atoms with Crippen molar-refractivity contribution in [2.24, 2.45) is 0 Å². The van der Waals surface area contributed by atoms with Crippen molar-refractivity contribution in [2.45, 2.75) is 18.6 Å². The predicted molar refractivity (Wildman–Crippen MR) is 137 cm³/mol. The molecule has 8 nitrogen and oxygen atoms in total. The highest BCUT2D eigenvalue weighted by Crippen LogP contribution is 2.38. The van der Waals surface area contributed by atoms with Gasteiger partial charge in [0.05, 0.1) is 12.6 Å². The van der Waals surface area contributed by atoms with E-state index in [-0.39, 0.29) is 17.6 Å². The highest BCUT2D eigenvalue weighted by atomic mass is 16.5. The molecule has 184 valence electrons. The van der Waals surface area contributed by atoms with Crippen LogP contribution in [-0.4, -0.2) is 48.6 Å². The topological polar surface area (TPSA) is 92.9 Å². The van der Waals surface area contributed by atoms with Crippen LogP contribution in [-0.2, 0) is 6.54 Å². The molecular weight excluding hydrogens is 466 g/mol. The van der Waals surface area contributed by atoms with Gasteiger partial charge in [-0.2, -0.15) is 4.98 Å². The lowest BCUT2D eigenvalue weighted by Crippen LogP contribution is -2.33. The maximum absolute atomic E-state index is 13.3. The summed E-state index contributed by atoms with van der Waals surface area (Å²) in [5.74, 6) is 0.618. The second kappa shape index (κ2) is 9.83. The highest BCUT2D eigenvalue weighted by molar-refractivity contribution is 5.91. The van der Waals surface area contributed by atoms with E-state index < -0.39 is 6.10 Å². The molecule has 1 amide bonds. The van der Waals surface area contributed by atoms with E-state index in [1.165, 1.54) is 4.52 Å². The molecule has 3 heterocycles. The van der Waals surface area contributed by atoms with Gasteiger partial charge in [0, 0.05) is 30.4 Å². The van der Waals surface area contributed by atoms with E-state index in [1.807, 2.05) is 78.9 Å². The largest absolute Gasteiger partial charge is 0.491 e. The van der Waals surface area contributed by atoms with Crippen LogP contribution >= 0.6 is 0 Å². The molecule has 1 N–H and O–H groups in total. The molecule has 0 spiro atoms. The molecule has 0 aliphatic carbocycles. The summed E-state index contributed by atoms with van der Waals surface area (Å²) in [6, 6.07) is 27.4. The van der Waals surface area contributed by atoms with E-state index in [2.05, 4.69) is 15.1 Å². The first kappa shape index (κ1) is 22.9. The Hall–Kier alpha value is -4.56. The third-order valence-corrected chi connectivity index (χ3v) is 6.63. The number of fused-ring (bicyclic) bond motifs is 2. The molecule has 1 unspecified atom stereocenters. The molecule has 1 atom stereocenters. The quantitative estimate of drug-likeness (QED) is 0.399. The van der Waals surface area contributed by atoms with Gasteiger partial charge in [-0.25, -0.2) is 9.50 Å². The molecule has 0 radical (unpaired) electrons. The predicted octanol–water partition coefficient (Wildman–Crippen LogP) is 4.02. The Morgan fingerprint density at radius 2 is 1.65 bits per heavy atom. The number of nitrogens with zero attached hydrogens (tertiary/aromatic N) is 5. The van der Waals surface area contributed by atoms with Gasteiger partial charge in [0.2, 0.25) is 5.82 Å². The summed E-state index contributed by atoms with van der Waals surface area (Å²) in [6.45, 7) is 1.06. The molecule has 3 aromatic carbocycles. The number of carbonyl (C=O) groups is 1. The van der Waals surface area contributed by atoms with Crippen molar-refractivity contribution in [3.63, 3.8) is 0 Å². The van der Waals surface area contributed by atoms with Crippen LogP contribution in [0.5, 0.6) is 5.75 Å². The number of aliphatic hydroxyl groups excluding tert-OH is 1. The molecule has 0 fully saturated rings. The van der Waals surface area contributed by atoms with Crippen LogP contribution in [0.25, 0.3) is 5.78 Å². The summed E-state index contributed by atoms with van der Waals surface area (Å²) in [6.07, 6.45) is 2.52. The third-order valence-electron chi connectivity index (χ3n) is 6.63. The Balaban J connectivity index is 1.31. The van der Waals surface area contributed by atoms with Crippen molar-refractivity contribution in [2.75, 3.05) is 13.2 Å². The van der Waals surface area contributed by atoms with Crippen molar-refractivity contribution < 1.29 is 14.6 Å². The summed E-state index contributed by atoms with van der Waals surface area (Å²) in [7, 11) is 0. The molecule has 5 aromatic rings. The summed E-state index contributed by atoms with van der Waals surface area (Å²) < 4.78 is 7.44. The van der Waals surface area contributed by atoms with Crippen LogP contribution in [0, 0.1) is 0 Å². The maximum Gasteiger partial charge on any atom is 0.294 e. The van der Waals surface area contributed by atoms with E-state index in [9.17, 15) is 9.90 Å². The SMILES string of the molecule is O=C(c1nc2ncccn2n1)N1CCOc2ccc(C(O)C(c3ccccc3)c3ccccc3)cc2C1. The van der Waals surface area contributed by atoms with Gasteiger partial charge in [-0.05, 0) is 34.9 Å². The lowest BCUT2D eigenvalue weighted by Gasteiger charge is -2.25. The van der Waals surface area contributed by atoms with Crippen molar-refractivity contribution in [1.82, 2.24) is 24.5 Å². The Kier molecular flexibility index (Phi) is 6.08. The first-order valence-corrected chi connectivity index (χ1v) is 12.2.